The van der Waals surface area contributed by atoms with E-state index in [0.29, 0.717) is 28.1 Å². The number of rotatable bonds is 5. The molecule has 1 N–H and O–H groups in total. The summed E-state index contributed by atoms with van der Waals surface area (Å²) in [6.07, 6.45) is 0. The first kappa shape index (κ1) is 23.2. The number of hydrogen-bond acceptors (Lipinski definition) is 5. The van der Waals surface area contributed by atoms with Gasteiger partial charge in [0.15, 0.2) is 11.6 Å². The van der Waals surface area contributed by atoms with Gasteiger partial charge in [-0.1, -0.05) is 29.4 Å². The average Bonchev–Trinajstić information content (AvgIpc) is 3.33. The van der Waals surface area contributed by atoms with Crippen LogP contribution in [0.2, 0.25) is 0 Å². The lowest BCUT2D eigenvalue weighted by atomic mass is 9.94. The van der Waals surface area contributed by atoms with Gasteiger partial charge in [0.25, 0.3) is 5.89 Å². The summed E-state index contributed by atoms with van der Waals surface area (Å²) >= 11 is 0. The SMILES string of the molecule is COc1ccc(-c2noc(C3=C(C)N(c4cccc(C)c4)C(=O)NC3c3cccc(F)c3)n2)cc1F. The number of urea groups is 1. The normalized spacial score (nSPS) is 15.8. The second kappa shape index (κ2) is 9.26. The number of hydrogen-bond donors (Lipinski definition) is 1. The number of carbonyl (C=O) groups excluding carboxylic acids is 1. The van der Waals surface area contributed by atoms with Crippen LogP contribution in [0.25, 0.3) is 17.0 Å². The number of ether oxygens (including phenoxy) is 1. The molecule has 2 heterocycles. The van der Waals surface area contributed by atoms with E-state index in [0.717, 1.165) is 5.56 Å². The van der Waals surface area contributed by atoms with Crippen LogP contribution in [0.1, 0.15) is 30.0 Å². The summed E-state index contributed by atoms with van der Waals surface area (Å²) in [5.74, 6) is -0.643. The minimum Gasteiger partial charge on any atom is -0.494 e. The Bertz CT molecular complexity index is 1500. The Hall–Kier alpha value is -4.53. The Morgan fingerprint density at radius 1 is 1.03 bits per heavy atom. The predicted octanol–water partition coefficient (Wildman–Crippen LogP) is 6.03. The molecular formula is C27H22F2N4O3. The molecule has 3 aromatic carbocycles. The van der Waals surface area contributed by atoms with Crippen molar-refractivity contribution >= 4 is 17.3 Å². The number of allylic oxidation sites excluding steroid dienone is 1. The average molecular weight is 488 g/mol. The monoisotopic (exact) mass is 488 g/mol. The van der Waals surface area contributed by atoms with Crippen LogP contribution in [0.15, 0.2) is 77.0 Å². The van der Waals surface area contributed by atoms with Crippen LogP contribution in [0, 0.1) is 18.6 Å². The molecule has 7 nitrogen and oxygen atoms in total. The van der Waals surface area contributed by atoms with Crippen molar-refractivity contribution in [3.8, 4) is 17.1 Å². The summed E-state index contributed by atoms with van der Waals surface area (Å²) < 4.78 is 39.0. The zero-order valence-electron chi connectivity index (χ0n) is 19.8. The molecule has 0 saturated carbocycles. The highest BCUT2D eigenvalue weighted by atomic mass is 19.1. The summed E-state index contributed by atoms with van der Waals surface area (Å²) in [5, 5.41) is 6.97. The second-order valence-corrected chi connectivity index (χ2v) is 8.38. The highest BCUT2D eigenvalue weighted by Crippen LogP contribution is 2.39. The molecule has 1 atom stereocenters. The van der Waals surface area contributed by atoms with Gasteiger partial charge >= 0.3 is 6.03 Å². The third-order valence-electron chi connectivity index (χ3n) is 5.99. The van der Waals surface area contributed by atoms with Crippen molar-refractivity contribution in [3.63, 3.8) is 0 Å². The van der Waals surface area contributed by atoms with Gasteiger partial charge in [-0.2, -0.15) is 4.98 Å². The van der Waals surface area contributed by atoms with Crippen LogP contribution in [0.5, 0.6) is 5.75 Å². The van der Waals surface area contributed by atoms with Crippen molar-refractivity contribution < 1.29 is 22.8 Å². The highest BCUT2D eigenvalue weighted by Gasteiger charge is 2.36. The number of carbonyl (C=O) groups is 1. The summed E-state index contributed by atoms with van der Waals surface area (Å²) in [6.45, 7) is 3.69. The van der Waals surface area contributed by atoms with Crippen molar-refractivity contribution in [3.05, 3.63) is 101 Å². The summed E-state index contributed by atoms with van der Waals surface area (Å²) in [5.41, 5.74) is 3.56. The third-order valence-corrected chi connectivity index (χ3v) is 5.99. The fraction of sp³-hybridized carbons (Fsp3) is 0.148. The number of aryl methyl sites for hydroxylation is 1. The Morgan fingerprint density at radius 3 is 2.56 bits per heavy atom. The maximum atomic E-state index is 14.3. The van der Waals surface area contributed by atoms with Gasteiger partial charge in [-0.15, -0.1) is 0 Å². The first-order chi connectivity index (χ1) is 17.4. The maximum absolute atomic E-state index is 14.3. The van der Waals surface area contributed by atoms with E-state index in [1.807, 2.05) is 31.2 Å². The molecule has 1 aliphatic rings. The molecule has 2 amide bonds. The fourth-order valence-corrected chi connectivity index (χ4v) is 4.29. The molecule has 0 saturated heterocycles. The third kappa shape index (κ3) is 4.19. The first-order valence-corrected chi connectivity index (χ1v) is 11.2. The molecular weight excluding hydrogens is 466 g/mol. The fourth-order valence-electron chi connectivity index (χ4n) is 4.29. The molecule has 4 aromatic rings. The molecule has 9 heteroatoms. The largest absolute Gasteiger partial charge is 0.494 e. The van der Waals surface area contributed by atoms with Crippen LogP contribution in [-0.4, -0.2) is 23.3 Å². The van der Waals surface area contributed by atoms with E-state index in [1.165, 1.54) is 36.3 Å². The van der Waals surface area contributed by atoms with Crippen LogP contribution < -0.4 is 15.0 Å². The Balaban J connectivity index is 1.65. The zero-order valence-corrected chi connectivity index (χ0v) is 19.8. The Morgan fingerprint density at radius 2 is 1.83 bits per heavy atom. The van der Waals surface area contributed by atoms with Crippen LogP contribution in [0.4, 0.5) is 19.3 Å². The molecule has 1 aliphatic heterocycles. The Labute approximate surface area is 206 Å². The molecule has 0 bridgehead atoms. The van der Waals surface area contributed by atoms with Gasteiger partial charge < -0.3 is 14.6 Å². The maximum Gasteiger partial charge on any atom is 0.326 e. The van der Waals surface area contributed by atoms with Gasteiger partial charge in [-0.3, -0.25) is 4.90 Å². The number of halogens is 2. The van der Waals surface area contributed by atoms with E-state index in [1.54, 1.807) is 25.1 Å². The van der Waals surface area contributed by atoms with Gasteiger partial charge in [-0.25, -0.2) is 13.6 Å². The molecule has 0 fully saturated rings. The first-order valence-electron chi connectivity index (χ1n) is 11.2. The van der Waals surface area contributed by atoms with Crippen molar-refractivity contribution in [1.82, 2.24) is 15.5 Å². The highest BCUT2D eigenvalue weighted by molar-refractivity contribution is 6.01. The lowest BCUT2D eigenvalue weighted by Gasteiger charge is -2.35. The molecule has 0 spiro atoms. The van der Waals surface area contributed by atoms with E-state index in [9.17, 15) is 13.6 Å². The van der Waals surface area contributed by atoms with E-state index < -0.39 is 17.7 Å². The van der Waals surface area contributed by atoms with E-state index in [4.69, 9.17) is 9.26 Å². The molecule has 182 valence electrons. The van der Waals surface area contributed by atoms with E-state index in [-0.39, 0.29) is 23.5 Å². The van der Waals surface area contributed by atoms with Crippen LogP contribution >= 0.6 is 0 Å². The number of benzene rings is 3. The summed E-state index contributed by atoms with van der Waals surface area (Å²) in [4.78, 5) is 19.3. The van der Waals surface area contributed by atoms with Crippen LogP contribution in [-0.2, 0) is 0 Å². The molecule has 1 aromatic heterocycles. The second-order valence-electron chi connectivity index (χ2n) is 8.38. The number of methoxy groups -OCH3 is 1. The van der Waals surface area contributed by atoms with Crippen LogP contribution in [0.3, 0.4) is 0 Å². The van der Waals surface area contributed by atoms with E-state index in [2.05, 4.69) is 15.5 Å². The number of amides is 2. The van der Waals surface area contributed by atoms with Crippen molar-refractivity contribution in [1.29, 1.82) is 0 Å². The summed E-state index contributed by atoms with van der Waals surface area (Å²) in [6, 6.07) is 16.6. The lowest BCUT2D eigenvalue weighted by Crippen LogP contribution is -2.46. The summed E-state index contributed by atoms with van der Waals surface area (Å²) in [7, 11) is 1.38. The zero-order chi connectivity index (χ0) is 25.4. The smallest absolute Gasteiger partial charge is 0.326 e. The molecule has 1 unspecified atom stereocenters. The number of anilines is 1. The van der Waals surface area contributed by atoms with Gasteiger partial charge in [0.05, 0.1) is 24.4 Å². The molecule has 0 aliphatic carbocycles. The molecule has 5 rings (SSSR count). The number of nitrogens with zero attached hydrogens (tertiary/aromatic N) is 3. The van der Waals surface area contributed by atoms with E-state index >= 15 is 0 Å². The minimum absolute atomic E-state index is 0.0935. The molecule has 36 heavy (non-hydrogen) atoms. The lowest BCUT2D eigenvalue weighted by molar-refractivity contribution is 0.244. The minimum atomic E-state index is -0.754. The number of nitrogens with one attached hydrogen (secondary N) is 1. The predicted molar refractivity (Wildman–Crippen MR) is 130 cm³/mol. The topological polar surface area (TPSA) is 80.5 Å². The van der Waals surface area contributed by atoms with Gasteiger partial charge in [0.1, 0.15) is 5.82 Å². The Kier molecular flexibility index (Phi) is 5.97. The number of aromatic nitrogens is 2. The molecule has 0 radical (unpaired) electrons. The quantitative estimate of drug-likeness (QED) is 0.371. The van der Waals surface area contributed by atoms with Gasteiger partial charge in [0.2, 0.25) is 5.82 Å². The van der Waals surface area contributed by atoms with Gasteiger partial charge in [-0.05, 0) is 67.4 Å². The van der Waals surface area contributed by atoms with Gasteiger partial charge in [0, 0.05) is 11.3 Å². The standard InChI is InChI=1S/C27H22F2N4O3/c1-15-6-4-9-20(12-15)33-16(2)23(24(30-27(33)34)17-7-5-8-19(28)13-17)26-31-25(32-36-26)18-10-11-22(35-3)21(29)14-18/h4-14,24H,1-3H3,(H,30,34). The van der Waals surface area contributed by atoms with Crippen molar-refractivity contribution in [2.45, 2.75) is 19.9 Å². The van der Waals surface area contributed by atoms with Crippen molar-refractivity contribution in [2.75, 3.05) is 12.0 Å². The van der Waals surface area contributed by atoms with Crippen molar-refractivity contribution in [2.24, 2.45) is 0 Å².